The number of benzene rings is 3. The minimum Gasteiger partial charge on any atom is -0.484 e. The lowest BCUT2D eigenvalue weighted by atomic mass is 10.0. The summed E-state index contributed by atoms with van der Waals surface area (Å²) >= 11 is 2.18. The molecule has 0 aromatic heterocycles. The summed E-state index contributed by atoms with van der Waals surface area (Å²) in [6.45, 7) is -0.316. The number of amides is 2. The second-order valence-corrected chi connectivity index (χ2v) is 8.42. The van der Waals surface area contributed by atoms with Gasteiger partial charge in [-0.15, -0.1) is 0 Å². The Morgan fingerprint density at radius 1 is 1.00 bits per heavy atom. The summed E-state index contributed by atoms with van der Waals surface area (Å²) in [5.41, 5.74) is 1.23. The molecule has 0 saturated heterocycles. The lowest BCUT2D eigenvalue weighted by molar-refractivity contribution is -0.142. The maximum atomic E-state index is 14.4. The standard InChI is InChI=1S/C25H24FIN2O3/c1-28-25(31)23(15-18-7-3-2-4-8-18)29(16-19-9-5-6-10-22(19)26)24(30)17-32-21-13-11-20(27)12-14-21/h2-14,23H,15-17H2,1H3,(H,28,31). The third-order valence-corrected chi connectivity index (χ3v) is 5.71. The van der Waals surface area contributed by atoms with Gasteiger partial charge in [-0.3, -0.25) is 9.59 Å². The van der Waals surface area contributed by atoms with Gasteiger partial charge in [0.15, 0.2) is 6.61 Å². The number of nitrogens with zero attached hydrogens (tertiary/aromatic N) is 1. The van der Waals surface area contributed by atoms with E-state index in [-0.39, 0.29) is 19.1 Å². The molecule has 1 atom stereocenters. The molecular weight excluding hydrogens is 522 g/mol. The zero-order valence-electron chi connectivity index (χ0n) is 17.6. The van der Waals surface area contributed by atoms with E-state index < -0.39 is 17.8 Å². The maximum Gasteiger partial charge on any atom is 0.261 e. The van der Waals surface area contributed by atoms with Crippen molar-refractivity contribution in [3.8, 4) is 5.75 Å². The van der Waals surface area contributed by atoms with E-state index >= 15 is 0 Å². The number of carbonyl (C=O) groups is 2. The first-order valence-corrected chi connectivity index (χ1v) is 11.2. The number of halogens is 2. The van der Waals surface area contributed by atoms with Gasteiger partial charge in [0.05, 0.1) is 0 Å². The third-order valence-electron chi connectivity index (χ3n) is 4.99. The zero-order valence-corrected chi connectivity index (χ0v) is 19.8. The molecule has 0 aliphatic rings. The van der Waals surface area contributed by atoms with Gasteiger partial charge in [-0.05, 0) is 58.5 Å². The van der Waals surface area contributed by atoms with Gasteiger partial charge in [-0.1, -0.05) is 48.5 Å². The highest BCUT2D eigenvalue weighted by Gasteiger charge is 2.30. The van der Waals surface area contributed by atoms with E-state index in [1.165, 1.54) is 18.0 Å². The molecule has 3 aromatic rings. The second kappa shape index (κ2) is 11.6. The third kappa shape index (κ3) is 6.53. The van der Waals surface area contributed by atoms with E-state index in [2.05, 4.69) is 27.9 Å². The average molecular weight is 546 g/mol. The van der Waals surface area contributed by atoms with E-state index in [1.807, 2.05) is 42.5 Å². The van der Waals surface area contributed by atoms with Crippen molar-refractivity contribution in [2.24, 2.45) is 0 Å². The normalized spacial score (nSPS) is 11.5. The van der Waals surface area contributed by atoms with E-state index in [0.29, 0.717) is 17.7 Å². The van der Waals surface area contributed by atoms with Gasteiger partial charge in [0, 0.05) is 29.1 Å². The van der Waals surface area contributed by atoms with E-state index in [1.54, 1.807) is 30.3 Å². The van der Waals surface area contributed by atoms with E-state index in [9.17, 15) is 14.0 Å². The molecule has 3 aromatic carbocycles. The van der Waals surface area contributed by atoms with Crippen molar-refractivity contribution in [3.05, 3.63) is 99.4 Å². The van der Waals surface area contributed by atoms with Gasteiger partial charge in [0.2, 0.25) is 5.91 Å². The molecule has 0 aliphatic heterocycles. The minimum atomic E-state index is -0.824. The van der Waals surface area contributed by atoms with Crippen LogP contribution in [0, 0.1) is 9.39 Å². The first-order chi connectivity index (χ1) is 15.5. The number of rotatable bonds is 9. The van der Waals surface area contributed by atoms with Gasteiger partial charge >= 0.3 is 0 Å². The Balaban J connectivity index is 1.87. The number of hydrogen-bond donors (Lipinski definition) is 1. The van der Waals surface area contributed by atoms with Gasteiger partial charge in [0.25, 0.3) is 5.91 Å². The maximum absolute atomic E-state index is 14.4. The Morgan fingerprint density at radius 2 is 1.66 bits per heavy atom. The summed E-state index contributed by atoms with van der Waals surface area (Å²) in [5.74, 6) is -0.618. The van der Waals surface area contributed by atoms with Crippen LogP contribution < -0.4 is 10.1 Å². The Kier molecular flexibility index (Phi) is 8.61. The van der Waals surface area contributed by atoms with Crippen LogP contribution in [0.15, 0.2) is 78.9 Å². The van der Waals surface area contributed by atoms with Crippen molar-refractivity contribution >= 4 is 34.4 Å². The summed E-state index contributed by atoms with van der Waals surface area (Å²) in [6.07, 6.45) is 0.296. The molecule has 1 unspecified atom stereocenters. The predicted molar refractivity (Wildman–Crippen MR) is 130 cm³/mol. The van der Waals surface area contributed by atoms with Gasteiger partial charge in [-0.25, -0.2) is 4.39 Å². The molecule has 0 spiro atoms. The molecule has 2 amide bonds. The zero-order chi connectivity index (χ0) is 22.9. The SMILES string of the molecule is CNC(=O)C(Cc1ccccc1)N(Cc1ccccc1F)C(=O)COc1ccc(I)cc1. The van der Waals surface area contributed by atoms with Crippen LogP contribution in [0.25, 0.3) is 0 Å². The van der Waals surface area contributed by atoms with E-state index in [4.69, 9.17) is 4.74 Å². The highest BCUT2D eigenvalue weighted by atomic mass is 127. The van der Waals surface area contributed by atoms with Gasteiger partial charge < -0.3 is 15.0 Å². The minimum absolute atomic E-state index is 0.0491. The lowest BCUT2D eigenvalue weighted by Crippen LogP contribution is -2.51. The second-order valence-electron chi connectivity index (χ2n) is 7.18. The summed E-state index contributed by atoms with van der Waals surface area (Å²) in [6, 6.07) is 22.1. The highest BCUT2D eigenvalue weighted by molar-refractivity contribution is 14.1. The van der Waals surface area contributed by atoms with Crippen LogP contribution in [0.4, 0.5) is 4.39 Å². The van der Waals surface area contributed by atoms with Crippen LogP contribution in [-0.2, 0) is 22.6 Å². The number of hydrogen-bond acceptors (Lipinski definition) is 3. The largest absolute Gasteiger partial charge is 0.484 e. The average Bonchev–Trinajstić information content (AvgIpc) is 2.82. The number of ether oxygens (including phenoxy) is 1. The predicted octanol–water partition coefficient (Wildman–Crippen LogP) is 4.20. The Bertz CT molecular complexity index is 1040. The van der Waals surface area contributed by atoms with Gasteiger partial charge in [-0.2, -0.15) is 0 Å². The summed E-state index contributed by atoms with van der Waals surface area (Å²) in [7, 11) is 1.52. The molecule has 5 nitrogen and oxygen atoms in total. The molecule has 0 fully saturated rings. The lowest BCUT2D eigenvalue weighted by Gasteiger charge is -2.31. The van der Waals surface area contributed by atoms with Crippen molar-refractivity contribution in [2.75, 3.05) is 13.7 Å². The van der Waals surface area contributed by atoms with Crippen molar-refractivity contribution in [2.45, 2.75) is 19.0 Å². The van der Waals surface area contributed by atoms with Crippen molar-refractivity contribution in [1.29, 1.82) is 0 Å². The summed E-state index contributed by atoms with van der Waals surface area (Å²) < 4.78 is 21.1. The topological polar surface area (TPSA) is 58.6 Å². The molecule has 0 heterocycles. The monoisotopic (exact) mass is 546 g/mol. The number of nitrogens with one attached hydrogen (secondary N) is 1. The quantitative estimate of drug-likeness (QED) is 0.410. The van der Waals surface area contributed by atoms with E-state index in [0.717, 1.165) is 9.13 Å². The fourth-order valence-corrected chi connectivity index (χ4v) is 3.65. The Morgan fingerprint density at radius 3 is 2.31 bits per heavy atom. The summed E-state index contributed by atoms with van der Waals surface area (Å²) in [4.78, 5) is 27.4. The molecular formula is C25H24FIN2O3. The van der Waals surface area contributed by atoms with Crippen LogP contribution in [0.3, 0.4) is 0 Å². The molecule has 0 radical (unpaired) electrons. The number of likely N-dealkylation sites (N-methyl/N-ethyl adjacent to an activating group) is 1. The number of carbonyl (C=O) groups excluding carboxylic acids is 2. The van der Waals surface area contributed by atoms with Crippen molar-refractivity contribution in [1.82, 2.24) is 10.2 Å². The molecule has 3 rings (SSSR count). The van der Waals surface area contributed by atoms with Crippen LogP contribution in [0.2, 0.25) is 0 Å². The first kappa shape index (κ1) is 23.7. The van der Waals surface area contributed by atoms with Crippen molar-refractivity contribution in [3.63, 3.8) is 0 Å². The molecule has 166 valence electrons. The molecule has 7 heteroatoms. The summed E-state index contributed by atoms with van der Waals surface area (Å²) in [5, 5.41) is 2.63. The molecule has 0 saturated carbocycles. The van der Waals surface area contributed by atoms with Crippen LogP contribution in [0.5, 0.6) is 5.75 Å². The Hall–Kier alpha value is -2.94. The van der Waals surface area contributed by atoms with Crippen molar-refractivity contribution < 1.29 is 18.7 Å². The molecule has 0 bridgehead atoms. The molecule has 1 N–H and O–H groups in total. The molecule has 0 aliphatic carbocycles. The van der Waals surface area contributed by atoms with Crippen LogP contribution in [0.1, 0.15) is 11.1 Å². The van der Waals surface area contributed by atoms with Crippen LogP contribution >= 0.6 is 22.6 Å². The fraction of sp³-hybridized carbons (Fsp3) is 0.200. The Labute approximate surface area is 200 Å². The smallest absolute Gasteiger partial charge is 0.261 e. The van der Waals surface area contributed by atoms with Gasteiger partial charge in [0.1, 0.15) is 17.6 Å². The first-order valence-electron chi connectivity index (χ1n) is 10.1. The highest BCUT2D eigenvalue weighted by Crippen LogP contribution is 2.18. The fourth-order valence-electron chi connectivity index (χ4n) is 3.29. The molecule has 32 heavy (non-hydrogen) atoms. The van der Waals surface area contributed by atoms with Crippen LogP contribution in [-0.4, -0.2) is 36.4 Å².